The minimum absolute atomic E-state index is 0.141. The molecule has 0 saturated carbocycles. The highest BCUT2D eigenvalue weighted by Crippen LogP contribution is 2.25. The van der Waals surface area contributed by atoms with Crippen LogP contribution in [0, 0.1) is 24.5 Å². The molecule has 5 nitrogen and oxygen atoms in total. The lowest BCUT2D eigenvalue weighted by molar-refractivity contribution is 0.225. The van der Waals surface area contributed by atoms with E-state index in [9.17, 15) is 13.6 Å². The van der Waals surface area contributed by atoms with Crippen molar-refractivity contribution in [3.63, 3.8) is 0 Å². The fraction of sp³-hybridized carbons (Fsp3) is 0.409. The Morgan fingerprint density at radius 3 is 2.83 bits per heavy atom. The Balaban J connectivity index is 1.37. The molecule has 2 aromatic rings. The molecule has 2 N–H and O–H groups in total. The van der Waals surface area contributed by atoms with Crippen molar-refractivity contribution in [1.29, 1.82) is 0 Å². The maximum Gasteiger partial charge on any atom is 0.315 e. The van der Waals surface area contributed by atoms with Crippen LogP contribution in [-0.4, -0.2) is 38.3 Å². The van der Waals surface area contributed by atoms with E-state index in [2.05, 4.69) is 10.6 Å². The van der Waals surface area contributed by atoms with Gasteiger partial charge in [-0.2, -0.15) is 0 Å². The number of carbonyl (C=O) groups is 1. The van der Waals surface area contributed by atoms with Gasteiger partial charge in [0.15, 0.2) is 11.6 Å². The van der Waals surface area contributed by atoms with Gasteiger partial charge in [-0.1, -0.05) is 12.1 Å². The van der Waals surface area contributed by atoms with Crippen LogP contribution in [0.15, 0.2) is 42.5 Å². The van der Waals surface area contributed by atoms with Gasteiger partial charge in [-0.15, -0.1) is 0 Å². The van der Waals surface area contributed by atoms with E-state index >= 15 is 0 Å². The molecule has 2 amide bonds. The quantitative estimate of drug-likeness (QED) is 0.738. The third kappa shape index (κ3) is 6.07. The average Bonchev–Trinajstić information content (AvgIpc) is 3.16. The second kappa shape index (κ2) is 9.58. The molecule has 2 atom stereocenters. The number of halogens is 2. The number of urea groups is 1. The van der Waals surface area contributed by atoms with E-state index < -0.39 is 11.6 Å². The fourth-order valence-electron chi connectivity index (χ4n) is 3.40. The van der Waals surface area contributed by atoms with Crippen LogP contribution in [-0.2, 0) is 0 Å². The summed E-state index contributed by atoms with van der Waals surface area (Å²) < 4.78 is 32.2. The number of amides is 2. The Hall–Kier alpha value is -2.83. The van der Waals surface area contributed by atoms with Gasteiger partial charge in [-0.25, -0.2) is 13.6 Å². The molecule has 1 aliphatic heterocycles. The first-order valence-electron chi connectivity index (χ1n) is 9.84. The third-order valence-electron chi connectivity index (χ3n) is 4.97. The van der Waals surface area contributed by atoms with Crippen LogP contribution in [0.2, 0.25) is 0 Å². The van der Waals surface area contributed by atoms with Crippen molar-refractivity contribution in [3.05, 3.63) is 59.7 Å². The number of hydrogen-bond donors (Lipinski definition) is 2. The SMILES string of the molecule is Cc1cccc(OCC(C)NC(=O)NCC2CCN(c3ccc(F)c(F)c3)C2)c1. The normalized spacial score (nSPS) is 17.1. The molecular formula is C22H27F2N3O2. The van der Waals surface area contributed by atoms with Crippen LogP contribution in [0.3, 0.4) is 0 Å². The van der Waals surface area contributed by atoms with Crippen LogP contribution in [0.1, 0.15) is 18.9 Å². The van der Waals surface area contributed by atoms with Crippen molar-refractivity contribution in [3.8, 4) is 5.75 Å². The minimum atomic E-state index is -0.844. The second-order valence-electron chi connectivity index (χ2n) is 7.58. The Morgan fingerprint density at radius 2 is 2.07 bits per heavy atom. The molecule has 3 rings (SSSR count). The van der Waals surface area contributed by atoms with Crippen LogP contribution in [0.4, 0.5) is 19.3 Å². The van der Waals surface area contributed by atoms with Gasteiger partial charge in [-0.05, 0) is 56.0 Å². The van der Waals surface area contributed by atoms with E-state index in [1.165, 1.54) is 6.07 Å². The molecule has 29 heavy (non-hydrogen) atoms. The molecular weight excluding hydrogens is 376 g/mol. The smallest absolute Gasteiger partial charge is 0.315 e. The van der Waals surface area contributed by atoms with Crippen LogP contribution >= 0.6 is 0 Å². The summed E-state index contributed by atoms with van der Waals surface area (Å²) in [5, 5.41) is 5.75. The van der Waals surface area contributed by atoms with Crippen LogP contribution in [0.5, 0.6) is 5.75 Å². The van der Waals surface area contributed by atoms with Gasteiger partial charge in [-0.3, -0.25) is 0 Å². The van der Waals surface area contributed by atoms with Crippen molar-refractivity contribution in [2.24, 2.45) is 5.92 Å². The van der Waals surface area contributed by atoms with E-state index in [0.29, 0.717) is 25.4 Å². The highest BCUT2D eigenvalue weighted by molar-refractivity contribution is 5.74. The summed E-state index contributed by atoms with van der Waals surface area (Å²) in [6, 6.07) is 11.3. The summed E-state index contributed by atoms with van der Waals surface area (Å²) in [7, 11) is 0. The molecule has 0 aliphatic carbocycles. The zero-order valence-electron chi connectivity index (χ0n) is 16.8. The molecule has 0 spiro atoms. The van der Waals surface area contributed by atoms with Gasteiger partial charge < -0.3 is 20.3 Å². The van der Waals surface area contributed by atoms with E-state index in [-0.39, 0.29) is 18.0 Å². The highest BCUT2D eigenvalue weighted by atomic mass is 19.2. The number of anilines is 1. The molecule has 1 saturated heterocycles. The molecule has 0 bridgehead atoms. The molecule has 0 aromatic heterocycles. The minimum Gasteiger partial charge on any atom is -0.491 e. The first-order chi connectivity index (χ1) is 13.9. The van der Waals surface area contributed by atoms with Gasteiger partial charge >= 0.3 is 6.03 Å². The monoisotopic (exact) mass is 403 g/mol. The summed E-state index contributed by atoms with van der Waals surface area (Å²) in [5.41, 5.74) is 1.78. The number of aryl methyl sites for hydroxylation is 1. The van der Waals surface area contributed by atoms with Crippen molar-refractivity contribution in [2.75, 3.05) is 31.1 Å². The van der Waals surface area contributed by atoms with Crippen molar-refractivity contribution >= 4 is 11.7 Å². The molecule has 2 aromatic carbocycles. The predicted molar refractivity (Wildman–Crippen MR) is 109 cm³/mol. The Bertz CT molecular complexity index is 847. The van der Waals surface area contributed by atoms with Gasteiger partial charge in [0.25, 0.3) is 0 Å². The Morgan fingerprint density at radius 1 is 1.24 bits per heavy atom. The molecule has 1 aliphatic rings. The number of ether oxygens (including phenoxy) is 1. The van der Waals surface area contributed by atoms with Crippen LogP contribution < -0.4 is 20.3 Å². The number of rotatable bonds is 7. The zero-order valence-corrected chi connectivity index (χ0v) is 16.8. The van der Waals surface area contributed by atoms with Gasteiger partial charge in [0.2, 0.25) is 0 Å². The summed E-state index contributed by atoms with van der Waals surface area (Å²) in [5.74, 6) is -0.649. The van der Waals surface area contributed by atoms with Crippen molar-refractivity contribution in [2.45, 2.75) is 26.3 Å². The molecule has 0 radical (unpaired) electrons. The number of carbonyl (C=O) groups excluding carboxylic acids is 1. The lowest BCUT2D eigenvalue weighted by Gasteiger charge is -2.19. The largest absolute Gasteiger partial charge is 0.491 e. The zero-order chi connectivity index (χ0) is 20.8. The van der Waals surface area contributed by atoms with E-state index in [4.69, 9.17) is 4.74 Å². The molecule has 156 valence electrons. The lowest BCUT2D eigenvalue weighted by Crippen LogP contribution is -2.44. The third-order valence-corrected chi connectivity index (χ3v) is 4.97. The van der Waals surface area contributed by atoms with E-state index in [0.717, 1.165) is 30.3 Å². The van der Waals surface area contributed by atoms with Crippen LogP contribution in [0.25, 0.3) is 0 Å². The standard InChI is InChI=1S/C22H27F2N3O2/c1-15-4-3-5-19(10-15)29-14-16(2)26-22(28)25-12-17-8-9-27(13-17)18-6-7-20(23)21(24)11-18/h3-7,10-11,16-17H,8-9,12-14H2,1-2H3,(H2,25,26,28). The first kappa shape index (κ1) is 20.9. The maximum atomic E-state index is 13.4. The topological polar surface area (TPSA) is 53.6 Å². The van der Waals surface area contributed by atoms with Crippen molar-refractivity contribution in [1.82, 2.24) is 10.6 Å². The molecule has 7 heteroatoms. The van der Waals surface area contributed by atoms with Crippen molar-refractivity contribution < 1.29 is 18.3 Å². The number of benzene rings is 2. The van der Waals surface area contributed by atoms with E-state index in [1.807, 2.05) is 43.0 Å². The summed E-state index contributed by atoms with van der Waals surface area (Å²) in [6.07, 6.45) is 0.880. The van der Waals surface area contributed by atoms with Gasteiger partial charge in [0, 0.05) is 31.4 Å². The highest BCUT2D eigenvalue weighted by Gasteiger charge is 2.24. The number of nitrogens with one attached hydrogen (secondary N) is 2. The second-order valence-corrected chi connectivity index (χ2v) is 7.58. The van der Waals surface area contributed by atoms with E-state index in [1.54, 1.807) is 6.07 Å². The number of nitrogens with zero attached hydrogens (tertiary/aromatic N) is 1. The Labute approximate surface area is 170 Å². The summed E-state index contributed by atoms with van der Waals surface area (Å²) in [6.45, 7) is 6.23. The summed E-state index contributed by atoms with van der Waals surface area (Å²) in [4.78, 5) is 14.1. The first-order valence-corrected chi connectivity index (χ1v) is 9.84. The lowest BCUT2D eigenvalue weighted by atomic mass is 10.1. The van der Waals surface area contributed by atoms with Gasteiger partial charge in [0.05, 0.1) is 6.04 Å². The van der Waals surface area contributed by atoms with Gasteiger partial charge in [0.1, 0.15) is 12.4 Å². The summed E-state index contributed by atoms with van der Waals surface area (Å²) >= 11 is 0. The molecule has 1 fully saturated rings. The fourth-order valence-corrected chi connectivity index (χ4v) is 3.40. The molecule has 2 unspecified atom stereocenters. The molecule has 1 heterocycles. The number of hydrogen-bond acceptors (Lipinski definition) is 3. The predicted octanol–water partition coefficient (Wildman–Crippen LogP) is 3.87. The Kier molecular flexibility index (Phi) is 6.90. The average molecular weight is 403 g/mol. The maximum absolute atomic E-state index is 13.4.